The molecule has 1 unspecified atom stereocenters. The van der Waals surface area contributed by atoms with Crippen molar-refractivity contribution in [2.24, 2.45) is 0 Å². The molecule has 0 saturated carbocycles. The standard InChI is InChI=1S/C17H21N3O5/c1-19(2)16(22)8-18-17(23)12-4-6-15(21)20(12)9-11-3-5-13-14(7-11)25-10-24-13/h3,5,7,12H,4,6,8-10H2,1-2H3,(H,18,23). The minimum Gasteiger partial charge on any atom is -0.454 e. The zero-order chi connectivity index (χ0) is 18.0. The van der Waals surface area contributed by atoms with E-state index in [1.54, 1.807) is 25.1 Å². The summed E-state index contributed by atoms with van der Waals surface area (Å²) in [6.45, 7) is 0.427. The van der Waals surface area contributed by atoms with Gasteiger partial charge in [0.1, 0.15) is 6.04 Å². The van der Waals surface area contributed by atoms with Crippen LogP contribution in [0, 0.1) is 0 Å². The number of hydrogen-bond acceptors (Lipinski definition) is 5. The first kappa shape index (κ1) is 17.1. The summed E-state index contributed by atoms with van der Waals surface area (Å²) in [7, 11) is 3.25. The lowest BCUT2D eigenvalue weighted by Crippen LogP contribution is -2.46. The molecule has 0 bridgehead atoms. The third kappa shape index (κ3) is 3.67. The summed E-state index contributed by atoms with van der Waals surface area (Å²) in [5.41, 5.74) is 0.863. The number of carbonyl (C=O) groups is 3. The van der Waals surface area contributed by atoms with Crippen molar-refractivity contribution in [1.29, 1.82) is 0 Å². The van der Waals surface area contributed by atoms with Crippen LogP contribution in [0.4, 0.5) is 0 Å². The van der Waals surface area contributed by atoms with Crippen LogP contribution in [0.2, 0.25) is 0 Å². The maximum absolute atomic E-state index is 12.4. The summed E-state index contributed by atoms with van der Waals surface area (Å²) >= 11 is 0. The lowest BCUT2D eigenvalue weighted by Gasteiger charge is -2.24. The molecular formula is C17H21N3O5. The van der Waals surface area contributed by atoms with Gasteiger partial charge in [-0.15, -0.1) is 0 Å². The Labute approximate surface area is 145 Å². The number of rotatable bonds is 5. The average molecular weight is 347 g/mol. The van der Waals surface area contributed by atoms with Crippen molar-refractivity contribution in [3.63, 3.8) is 0 Å². The fourth-order valence-corrected chi connectivity index (χ4v) is 2.88. The van der Waals surface area contributed by atoms with Crippen LogP contribution in [0.25, 0.3) is 0 Å². The van der Waals surface area contributed by atoms with E-state index < -0.39 is 6.04 Å². The summed E-state index contributed by atoms with van der Waals surface area (Å²) in [5, 5.41) is 2.61. The van der Waals surface area contributed by atoms with Crippen molar-refractivity contribution in [1.82, 2.24) is 15.1 Å². The highest BCUT2D eigenvalue weighted by atomic mass is 16.7. The molecule has 2 aliphatic rings. The quantitative estimate of drug-likeness (QED) is 0.817. The summed E-state index contributed by atoms with van der Waals surface area (Å²) < 4.78 is 10.6. The summed E-state index contributed by atoms with van der Waals surface area (Å²) in [6, 6.07) is 4.90. The molecule has 1 saturated heterocycles. The molecule has 25 heavy (non-hydrogen) atoms. The summed E-state index contributed by atoms with van der Waals surface area (Å²) in [4.78, 5) is 39.1. The van der Waals surface area contributed by atoms with Gasteiger partial charge in [-0.25, -0.2) is 0 Å². The molecular weight excluding hydrogens is 326 g/mol. The lowest BCUT2D eigenvalue weighted by molar-refractivity contribution is -0.137. The minimum absolute atomic E-state index is 0.0725. The van der Waals surface area contributed by atoms with E-state index in [2.05, 4.69) is 5.32 Å². The first-order valence-electron chi connectivity index (χ1n) is 8.11. The second kappa shape index (κ2) is 7.00. The Kier molecular flexibility index (Phi) is 4.78. The molecule has 134 valence electrons. The topological polar surface area (TPSA) is 88.2 Å². The van der Waals surface area contributed by atoms with Crippen molar-refractivity contribution in [2.45, 2.75) is 25.4 Å². The number of ether oxygens (including phenoxy) is 2. The Hall–Kier alpha value is -2.77. The average Bonchev–Trinajstić information content (AvgIpc) is 3.19. The Morgan fingerprint density at radius 2 is 2.04 bits per heavy atom. The van der Waals surface area contributed by atoms with E-state index in [4.69, 9.17) is 9.47 Å². The predicted octanol–water partition coefficient (Wildman–Crippen LogP) is 0.111. The van der Waals surface area contributed by atoms with Gasteiger partial charge in [0.2, 0.25) is 24.5 Å². The van der Waals surface area contributed by atoms with Crippen LogP contribution in [0.3, 0.4) is 0 Å². The van der Waals surface area contributed by atoms with Gasteiger partial charge in [-0.05, 0) is 24.1 Å². The first-order chi connectivity index (χ1) is 12.0. The molecule has 2 aliphatic heterocycles. The number of carbonyl (C=O) groups excluding carboxylic acids is 3. The van der Waals surface area contributed by atoms with Crippen LogP contribution in [0.5, 0.6) is 11.5 Å². The third-order valence-corrected chi connectivity index (χ3v) is 4.33. The number of likely N-dealkylation sites (tertiary alicyclic amines) is 1. The largest absolute Gasteiger partial charge is 0.454 e. The lowest BCUT2D eigenvalue weighted by atomic mass is 10.1. The smallest absolute Gasteiger partial charge is 0.243 e. The Balaban J connectivity index is 1.65. The van der Waals surface area contributed by atoms with Crippen LogP contribution >= 0.6 is 0 Å². The first-order valence-corrected chi connectivity index (χ1v) is 8.11. The van der Waals surface area contributed by atoms with E-state index in [-0.39, 0.29) is 31.1 Å². The number of likely N-dealkylation sites (N-methyl/N-ethyl adjacent to an activating group) is 1. The zero-order valence-electron chi connectivity index (χ0n) is 14.3. The van der Waals surface area contributed by atoms with Gasteiger partial charge < -0.3 is 24.6 Å². The van der Waals surface area contributed by atoms with E-state index in [9.17, 15) is 14.4 Å². The van der Waals surface area contributed by atoms with Crippen LogP contribution < -0.4 is 14.8 Å². The molecule has 1 atom stereocenters. The molecule has 1 N–H and O–H groups in total. The van der Waals surface area contributed by atoms with Gasteiger partial charge in [0.25, 0.3) is 0 Å². The predicted molar refractivity (Wildman–Crippen MR) is 87.8 cm³/mol. The molecule has 2 heterocycles. The second-order valence-electron chi connectivity index (χ2n) is 6.27. The molecule has 3 amide bonds. The number of nitrogens with one attached hydrogen (secondary N) is 1. The van der Waals surface area contributed by atoms with Gasteiger partial charge in [-0.2, -0.15) is 0 Å². The highest BCUT2D eigenvalue weighted by molar-refractivity contribution is 5.92. The molecule has 8 nitrogen and oxygen atoms in total. The highest BCUT2D eigenvalue weighted by Gasteiger charge is 2.36. The van der Waals surface area contributed by atoms with Crippen LogP contribution in [-0.4, -0.2) is 61.0 Å². The van der Waals surface area contributed by atoms with E-state index in [1.807, 2.05) is 12.1 Å². The number of fused-ring (bicyclic) bond motifs is 1. The van der Waals surface area contributed by atoms with Gasteiger partial charge in [-0.1, -0.05) is 6.07 Å². The molecule has 3 rings (SSSR count). The molecule has 0 aromatic heterocycles. The summed E-state index contributed by atoms with van der Waals surface area (Å²) in [6.07, 6.45) is 0.773. The van der Waals surface area contributed by atoms with Crippen molar-refractivity contribution in [3.05, 3.63) is 23.8 Å². The van der Waals surface area contributed by atoms with E-state index in [0.717, 1.165) is 5.56 Å². The Morgan fingerprint density at radius 3 is 2.80 bits per heavy atom. The van der Waals surface area contributed by atoms with E-state index in [0.29, 0.717) is 30.9 Å². The molecule has 8 heteroatoms. The Morgan fingerprint density at radius 1 is 1.28 bits per heavy atom. The number of nitrogens with zero attached hydrogens (tertiary/aromatic N) is 2. The van der Waals surface area contributed by atoms with Crippen LogP contribution in [0.1, 0.15) is 18.4 Å². The van der Waals surface area contributed by atoms with Gasteiger partial charge in [-0.3, -0.25) is 14.4 Å². The van der Waals surface area contributed by atoms with Gasteiger partial charge >= 0.3 is 0 Å². The van der Waals surface area contributed by atoms with Crippen molar-refractivity contribution < 1.29 is 23.9 Å². The molecule has 0 spiro atoms. The second-order valence-corrected chi connectivity index (χ2v) is 6.27. The molecule has 1 fully saturated rings. The maximum atomic E-state index is 12.4. The van der Waals surface area contributed by atoms with Gasteiger partial charge in [0, 0.05) is 27.1 Å². The number of hydrogen-bond donors (Lipinski definition) is 1. The highest BCUT2D eigenvalue weighted by Crippen LogP contribution is 2.33. The maximum Gasteiger partial charge on any atom is 0.243 e. The SMILES string of the molecule is CN(C)C(=O)CNC(=O)C1CCC(=O)N1Cc1ccc2c(c1)OCO2. The minimum atomic E-state index is -0.562. The molecule has 1 aromatic rings. The normalized spacial score (nSPS) is 18.4. The van der Waals surface area contributed by atoms with Crippen molar-refractivity contribution in [2.75, 3.05) is 27.4 Å². The molecule has 0 radical (unpaired) electrons. The Bertz CT molecular complexity index is 704. The van der Waals surface area contributed by atoms with Gasteiger partial charge in [0.15, 0.2) is 11.5 Å². The number of benzene rings is 1. The molecule has 1 aromatic carbocycles. The zero-order valence-corrected chi connectivity index (χ0v) is 14.3. The summed E-state index contributed by atoms with van der Waals surface area (Å²) in [5.74, 6) is 0.744. The fraction of sp³-hybridized carbons (Fsp3) is 0.471. The van der Waals surface area contributed by atoms with E-state index in [1.165, 1.54) is 4.90 Å². The van der Waals surface area contributed by atoms with Crippen molar-refractivity contribution >= 4 is 17.7 Å². The molecule has 0 aliphatic carbocycles. The van der Waals surface area contributed by atoms with Gasteiger partial charge in [0.05, 0.1) is 6.54 Å². The fourth-order valence-electron chi connectivity index (χ4n) is 2.88. The van der Waals surface area contributed by atoms with Crippen molar-refractivity contribution in [3.8, 4) is 11.5 Å². The van der Waals surface area contributed by atoms with Crippen LogP contribution in [0.15, 0.2) is 18.2 Å². The number of amides is 3. The third-order valence-electron chi connectivity index (χ3n) is 4.33. The van der Waals surface area contributed by atoms with E-state index >= 15 is 0 Å². The van der Waals surface area contributed by atoms with Crippen LogP contribution in [-0.2, 0) is 20.9 Å². The monoisotopic (exact) mass is 347 g/mol.